The molecule has 0 aliphatic heterocycles. The Balaban J connectivity index is 2.04. The van der Waals surface area contributed by atoms with E-state index >= 15 is 0 Å². The second-order valence-electron chi connectivity index (χ2n) is 4.89. The van der Waals surface area contributed by atoms with Crippen molar-refractivity contribution in [3.05, 3.63) is 47.0 Å². The van der Waals surface area contributed by atoms with Gasteiger partial charge in [0.05, 0.1) is 16.3 Å². The molecule has 0 unspecified atom stereocenters. The molecule has 0 aliphatic rings. The monoisotopic (exact) mass is 310 g/mol. The molecule has 110 valence electrons. The van der Waals surface area contributed by atoms with E-state index in [0.717, 1.165) is 10.8 Å². The van der Waals surface area contributed by atoms with Gasteiger partial charge in [0.2, 0.25) is 5.13 Å². The van der Waals surface area contributed by atoms with Gasteiger partial charge >= 0.3 is 0 Å². The van der Waals surface area contributed by atoms with Crippen molar-refractivity contribution in [2.45, 2.75) is 13.8 Å². The molecular formula is C16H14N4OS. The summed E-state index contributed by atoms with van der Waals surface area (Å²) in [5.41, 5.74) is 7.87. The smallest absolute Gasteiger partial charge is 0.230 e. The number of benzene rings is 2. The molecule has 1 heterocycles. The Morgan fingerprint density at radius 2 is 1.95 bits per heavy atom. The summed E-state index contributed by atoms with van der Waals surface area (Å²) in [6, 6.07) is 11.6. The van der Waals surface area contributed by atoms with Crippen molar-refractivity contribution in [1.29, 1.82) is 0 Å². The number of fused-ring (bicyclic) bond motifs is 1. The number of anilines is 1. The molecule has 0 aliphatic carbocycles. The third-order valence-corrected chi connectivity index (χ3v) is 4.41. The van der Waals surface area contributed by atoms with Crippen molar-refractivity contribution in [3.8, 4) is 0 Å². The first kappa shape index (κ1) is 14.3. The lowest BCUT2D eigenvalue weighted by Crippen LogP contribution is -1.89. The van der Waals surface area contributed by atoms with Gasteiger partial charge in [0, 0.05) is 12.3 Å². The van der Waals surface area contributed by atoms with Crippen molar-refractivity contribution >= 4 is 44.4 Å². The van der Waals surface area contributed by atoms with E-state index in [-0.39, 0.29) is 5.78 Å². The summed E-state index contributed by atoms with van der Waals surface area (Å²) >= 11 is 1.24. The van der Waals surface area contributed by atoms with Crippen LogP contribution in [0.1, 0.15) is 22.3 Å². The van der Waals surface area contributed by atoms with E-state index < -0.39 is 0 Å². The number of hydrogen-bond donors (Lipinski definition) is 1. The molecule has 3 rings (SSSR count). The van der Waals surface area contributed by atoms with Crippen LogP contribution < -0.4 is 5.73 Å². The van der Waals surface area contributed by atoms with E-state index in [1.807, 2.05) is 36.4 Å². The Morgan fingerprint density at radius 3 is 2.68 bits per heavy atom. The van der Waals surface area contributed by atoms with Crippen LogP contribution >= 0.6 is 11.3 Å². The van der Waals surface area contributed by atoms with Gasteiger partial charge in [-0.25, -0.2) is 4.98 Å². The highest BCUT2D eigenvalue weighted by atomic mass is 32.1. The maximum absolute atomic E-state index is 11.5. The molecule has 0 fully saturated rings. The van der Waals surface area contributed by atoms with Crippen LogP contribution in [0.3, 0.4) is 0 Å². The summed E-state index contributed by atoms with van der Waals surface area (Å²) in [7, 11) is 0. The summed E-state index contributed by atoms with van der Waals surface area (Å²) in [6.45, 7) is 3.31. The first-order chi connectivity index (χ1) is 10.6. The number of rotatable bonds is 3. The molecule has 6 heteroatoms. The molecule has 0 saturated heterocycles. The Labute approximate surface area is 131 Å². The molecule has 5 nitrogen and oxygen atoms in total. The molecule has 0 atom stereocenters. The summed E-state index contributed by atoms with van der Waals surface area (Å²) in [5, 5.41) is 10.8. The van der Waals surface area contributed by atoms with Gasteiger partial charge in [0.25, 0.3) is 0 Å². The summed E-state index contributed by atoms with van der Waals surface area (Å²) in [5.74, 6) is -0.0128. The predicted octanol–water partition coefficient (Wildman–Crippen LogP) is 4.80. The van der Waals surface area contributed by atoms with E-state index in [0.29, 0.717) is 27.1 Å². The molecule has 1 aromatic heterocycles. The fraction of sp³-hybridized carbons (Fsp3) is 0.125. The number of carbonyl (C=O) groups is 1. The van der Waals surface area contributed by atoms with Gasteiger partial charge in [0.1, 0.15) is 5.69 Å². The highest BCUT2D eigenvalue weighted by Crippen LogP contribution is 2.34. The first-order valence-electron chi connectivity index (χ1n) is 6.73. The lowest BCUT2D eigenvalue weighted by atomic mass is 10.1. The Bertz CT molecular complexity index is 898. The van der Waals surface area contributed by atoms with Crippen LogP contribution in [-0.4, -0.2) is 10.8 Å². The second kappa shape index (κ2) is 5.65. The maximum Gasteiger partial charge on any atom is 0.230 e. The third kappa shape index (κ3) is 2.60. The summed E-state index contributed by atoms with van der Waals surface area (Å²) < 4.78 is 0. The molecule has 0 bridgehead atoms. The number of thiazole rings is 1. The average Bonchev–Trinajstić information content (AvgIpc) is 2.87. The first-order valence-corrected chi connectivity index (χ1v) is 7.55. The Hall–Kier alpha value is -2.60. The van der Waals surface area contributed by atoms with Crippen LogP contribution in [-0.2, 0) is 0 Å². The largest absolute Gasteiger partial charge is 0.397 e. The van der Waals surface area contributed by atoms with Crippen molar-refractivity contribution in [1.82, 2.24) is 4.98 Å². The van der Waals surface area contributed by atoms with Gasteiger partial charge in [-0.2, -0.15) is 0 Å². The van der Waals surface area contributed by atoms with Crippen LogP contribution in [0.5, 0.6) is 0 Å². The SMILES string of the molecule is CC(=O)c1sc(N=Nc2c(N)ccc3ccccc23)nc1C. The topological polar surface area (TPSA) is 80.7 Å². The highest BCUT2D eigenvalue weighted by molar-refractivity contribution is 7.17. The molecule has 3 aromatic rings. The number of azo groups is 1. The molecule has 0 radical (unpaired) electrons. The van der Waals surface area contributed by atoms with Crippen molar-refractivity contribution in [3.63, 3.8) is 0 Å². The second-order valence-corrected chi connectivity index (χ2v) is 5.87. The fourth-order valence-corrected chi connectivity index (χ4v) is 3.01. The molecular weight excluding hydrogens is 296 g/mol. The molecule has 0 spiro atoms. The number of nitrogens with zero attached hydrogens (tertiary/aromatic N) is 3. The highest BCUT2D eigenvalue weighted by Gasteiger charge is 2.11. The van der Waals surface area contributed by atoms with Gasteiger partial charge in [-0.05, 0) is 18.4 Å². The van der Waals surface area contributed by atoms with Gasteiger partial charge < -0.3 is 5.73 Å². The minimum Gasteiger partial charge on any atom is -0.397 e. The third-order valence-electron chi connectivity index (χ3n) is 3.27. The van der Waals surface area contributed by atoms with Gasteiger partial charge in [0.15, 0.2) is 5.78 Å². The number of hydrogen-bond acceptors (Lipinski definition) is 6. The van der Waals surface area contributed by atoms with Gasteiger partial charge in [-0.15, -0.1) is 10.2 Å². The molecule has 2 N–H and O–H groups in total. The van der Waals surface area contributed by atoms with E-state index in [1.54, 1.807) is 6.92 Å². The normalized spacial score (nSPS) is 11.4. The summed E-state index contributed by atoms with van der Waals surface area (Å²) in [4.78, 5) is 16.3. The van der Waals surface area contributed by atoms with Crippen molar-refractivity contribution in [2.75, 3.05) is 5.73 Å². The van der Waals surface area contributed by atoms with E-state index in [2.05, 4.69) is 15.2 Å². The maximum atomic E-state index is 11.5. The molecule has 0 amide bonds. The van der Waals surface area contributed by atoms with Gasteiger partial charge in [-0.3, -0.25) is 4.79 Å². The van der Waals surface area contributed by atoms with Crippen LogP contribution in [0.2, 0.25) is 0 Å². The molecule has 2 aromatic carbocycles. The number of nitrogen functional groups attached to an aromatic ring is 1. The lowest BCUT2D eigenvalue weighted by molar-refractivity contribution is 0.102. The predicted molar refractivity (Wildman–Crippen MR) is 89.4 cm³/mol. The van der Waals surface area contributed by atoms with Crippen LogP contribution in [0.4, 0.5) is 16.5 Å². The van der Waals surface area contributed by atoms with E-state index in [9.17, 15) is 4.79 Å². The quantitative estimate of drug-likeness (QED) is 0.428. The number of aromatic nitrogens is 1. The summed E-state index contributed by atoms with van der Waals surface area (Å²) in [6.07, 6.45) is 0. The van der Waals surface area contributed by atoms with Crippen molar-refractivity contribution < 1.29 is 4.79 Å². The van der Waals surface area contributed by atoms with Crippen LogP contribution in [0.15, 0.2) is 46.6 Å². The van der Waals surface area contributed by atoms with Crippen LogP contribution in [0, 0.1) is 6.92 Å². The van der Waals surface area contributed by atoms with Gasteiger partial charge in [-0.1, -0.05) is 41.7 Å². The van der Waals surface area contributed by atoms with E-state index in [4.69, 9.17) is 5.73 Å². The number of nitrogens with two attached hydrogens (primary N) is 1. The Kier molecular flexibility index (Phi) is 3.68. The minimum atomic E-state index is -0.0128. The number of ketones is 1. The molecule has 22 heavy (non-hydrogen) atoms. The zero-order valence-electron chi connectivity index (χ0n) is 12.2. The Morgan fingerprint density at radius 1 is 1.18 bits per heavy atom. The fourth-order valence-electron chi connectivity index (χ4n) is 2.23. The van der Waals surface area contributed by atoms with E-state index in [1.165, 1.54) is 18.3 Å². The minimum absolute atomic E-state index is 0.0128. The zero-order chi connectivity index (χ0) is 15.7. The number of carbonyl (C=O) groups excluding carboxylic acids is 1. The zero-order valence-corrected chi connectivity index (χ0v) is 13.0. The standard InChI is InChI=1S/C16H14N4OS/c1-9-15(10(2)21)22-16(18-9)20-19-14-12-6-4-3-5-11(12)7-8-13(14)17/h3-8H,17H2,1-2H3. The molecule has 0 saturated carbocycles. The van der Waals surface area contributed by atoms with Crippen molar-refractivity contribution in [2.24, 2.45) is 10.2 Å². The van der Waals surface area contributed by atoms with Crippen LogP contribution in [0.25, 0.3) is 10.8 Å². The number of Topliss-reactive ketones (excluding diaryl/α,β-unsaturated/α-hetero) is 1. The average molecular weight is 310 g/mol. The lowest BCUT2D eigenvalue weighted by Gasteiger charge is -2.03. The number of aryl methyl sites for hydroxylation is 1.